The fourth-order valence-corrected chi connectivity index (χ4v) is 1.58. The molecule has 1 fully saturated rings. The maximum Gasteiger partial charge on any atom is 0.340 e. The molecule has 0 spiro atoms. The molecule has 0 amide bonds. The number of carbonyl (C=O) groups excluding carboxylic acids is 1. The van der Waals surface area contributed by atoms with Crippen molar-refractivity contribution in [1.82, 2.24) is 0 Å². The van der Waals surface area contributed by atoms with E-state index in [-0.39, 0.29) is 5.97 Å². The van der Waals surface area contributed by atoms with Crippen molar-refractivity contribution in [3.63, 3.8) is 0 Å². The standard InChI is InChI=1S/C13H18N2O2/c1-2-7-17-13(16)11-8-9(14)3-6-12(11)15-10-4-5-10/h3,6,8,10,15H,2,4-5,7,14H2,1H3. The number of nitrogens with two attached hydrogens (primary N) is 1. The molecule has 3 N–H and O–H groups in total. The van der Waals surface area contributed by atoms with Crippen LogP contribution in [0.4, 0.5) is 11.4 Å². The smallest absolute Gasteiger partial charge is 0.340 e. The fraction of sp³-hybridized carbons (Fsp3) is 0.462. The lowest BCUT2D eigenvalue weighted by Crippen LogP contribution is -2.12. The lowest BCUT2D eigenvalue weighted by Gasteiger charge is -2.11. The number of nitrogens with one attached hydrogen (secondary N) is 1. The highest BCUT2D eigenvalue weighted by Gasteiger charge is 2.23. The van der Waals surface area contributed by atoms with Gasteiger partial charge in [0, 0.05) is 17.4 Å². The number of rotatable bonds is 5. The van der Waals surface area contributed by atoms with E-state index in [1.165, 1.54) is 0 Å². The molecule has 0 bridgehead atoms. The van der Waals surface area contributed by atoms with Gasteiger partial charge in [-0.05, 0) is 37.5 Å². The summed E-state index contributed by atoms with van der Waals surface area (Å²) in [6.07, 6.45) is 3.14. The first-order chi connectivity index (χ1) is 8.20. The molecular formula is C13H18N2O2. The Kier molecular flexibility index (Phi) is 3.52. The van der Waals surface area contributed by atoms with Crippen molar-refractivity contribution in [2.75, 3.05) is 17.7 Å². The molecule has 1 saturated carbocycles. The summed E-state index contributed by atoms with van der Waals surface area (Å²) in [5.41, 5.74) is 7.64. The van der Waals surface area contributed by atoms with E-state index in [1.807, 2.05) is 13.0 Å². The predicted molar refractivity (Wildman–Crippen MR) is 68.1 cm³/mol. The van der Waals surface area contributed by atoms with E-state index in [0.29, 0.717) is 23.9 Å². The van der Waals surface area contributed by atoms with Crippen LogP contribution in [0.1, 0.15) is 36.5 Å². The van der Waals surface area contributed by atoms with Gasteiger partial charge in [-0.25, -0.2) is 4.79 Å². The van der Waals surface area contributed by atoms with Gasteiger partial charge in [-0.2, -0.15) is 0 Å². The number of hydrogen-bond acceptors (Lipinski definition) is 4. The number of esters is 1. The fourth-order valence-electron chi connectivity index (χ4n) is 1.58. The normalized spacial score (nSPS) is 14.4. The third-order valence-corrected chi connectivity index (χ3v) is 2.64. The Morgan fingerprint density at radius 1 is 1.53 bits per heavy atom. The van der Waals surface area contributed by atoms with E-state index in [0.717, 1.165) is 24.9 Å². The zero-order valence-electron chi connectivity index (χ0n) is 10.0. The second-order valence-electron chi connectivity index (χ2n) is 4.36. The molecule has 0 aromatic heterocycles. The molecule has 0 radical (unpaired) electrons. The van der Waals surface area contributed by atoms with Gasteiger partial charge in [-0.3, -0.25) is 0 Å². The Morgan fingerprint density at radius 3 is 2.94 bits per heavy atom. The first-order valence-corrected chi connectivity index (χ1v) is 6.04. The van der Waals surface area contributed by atoms with Gasteiger partial charge in [0.1, 0.15) is 0 Å². The predicted octanol–water partition coefficient (Wildman–Crippen LogP) is 2.41. The Labute approximate surface area is 101 Å². The lowest BCUT2D eigenvalue weighted by atomic mass is 10.1. The molecule has 92 valence electrons. The van der Waals surface area contributed by atoms with Crippen molar-refractivity contribution < 1.29 is 9.53 Å². The van der Waals surface area contributed by atoms with Crippen molar-refractivity contribution in [3.8, 4) is 0 Å². The molecule has 0 aliphatic heterocycles. The number of benzene rings is 1. The minimum Gasteiger partial charge on any atom is -0.462 e. The molecule has 17 heavy (non-hydrogen) atoms. The van der Waals surface area contributed by atoms with E-state index in [1.54, 1.807) is 12.1 Å². The third-order valence-electron chi connectivity index (χ3n) is 2.64. The van der Waals surface area contributed by atoms with Crippen LogP contribution < -0.4 is 11.1 Å². The maximum absolute atomic E-state index is 11.9. The average Bonchev–Trinajstić information content (AvgIpc) is 3.12. The molecule has 4 heteroatoms. The van der Waals surface area contributed by atoms with Crippen molar-refractivity contribution >= 4 is 17.3 Å². The van der Waals surface area contributed by atoms with E-state index >= 15 is 0 Å². The Balaban J connectivity index is 2.15. The van der Waals surface area contributed by atoms with Crippen LogP contribution in [0.5, 0.6) is 0 Å². The second-order valence-corrected chi connectivity index (χ2v) is 4.36. The van der Waals surface area contributed by atoms with Gasteiger partial charge < -0.3 is 15.8 Å². The maximum atomic E-state index is 11.9. The molecule has 0 saturated heterocycles. The Hall–Kier alpha value is -1.71. The van der Waals surface area contributed by atoms with Crippen LogP contribution in [0.3, 0.4) is 0 Å². The highest BCUT2D eigenvalue weighted by Crippen LogP contribution is 2.28. The molecule has 0 atom stereocenters. The highest BCUT2D eigenvalue weighted by molar-refractivity contribution is 5.96. The van der Waals surface area contributed by atoms with E-state index in [4.69, 9.17) is 10.5 Å². The van der Waals surface area contributed by atoms with Gasteiger partial charge in [0.2, 0.25) is 0 Å². The number of nitrogen functional groups attached to an aromatic ring is 1. The largest absolute Gasteiger partial charge is 0.462 e. The van der Waals surface area contributed by atoms with Crippen molar-refractivity contribution in [1.29, 1.82) is 0 Å². The number of carbonyl (C=O) groups is 1. The molecule has 0 heterocycles. The minimum absolute atomic E-state index is 0.303. The number of hydrogen-bond donors (Lipinski definition) is 2. The molecule has 1 aromatic rings. The first kappa shape index (κ1) is 11.8. The molecule has 4 nitrogen and oxygen atoms in total. The van der Waals surface area contributed by atoms with Crippen LogP contribution in [0.15, 0.2) is 18.2 Å². The molecule has 0 unspecified atom stereocenters. The quantitative estimate of drug-likeness (QED) is 0.606. The summed E-state index contributed by atoms with van der Waals surface area (Å²) in [6, 6.07) is 5.80. The molecule has 1 aliphatic carbocycles. The monoisotopic (exact) mass is 234 g/mol. The second kappa shape index (κ2) is 5.08. The molecule has 1 aromatic carbocycles. The summed E-state index contributed by atoms with van der Waals surface area (Å²) >= 11 is 0. The SMILES string of the molecule is CCCOC(=O)c1cc(N)ccc1NC1CC1. The van der Waals surface area contributed by atoms with Crippen LogP contribution >= 0.6 is 0 Å². The Morgan fingerprint density at radius 2 is 2.29 bits per heavy atom. The Bertz CT molecular complexity index is 414. The van der Waals surface area contributed by atoms with Crippen LogP contribution in [0.25, 0.3) is 0 Å². The van der Waals surface area contributed by atoms with Gasteiger partial charge in [0.25, 0.3) is 0 Å². The van der Waals surface area contributed by atoms with E-state index < -0.39 is 0 Å². The van der Waals surface area contributed by atoms with Gasteiger partial charge in [0.05, 0.1) is 12.2 Å². The van der Waals surface area contributed by atoms with Crippen molar-refractivity contribution in [3.05, 3.63) is 23.8 Å². The van der Waals surface area contributed by atoms with Gasteiger partial charge in [-0.1, -0.05) is 6.92 Å². The van der Waals surface area contributed by atoms with Crippen molar-refractivity contribution in [2.24, 2.45) is 0 Å². The van der Waals surface area contributed by atoms with Crippen LogP contribution in [-0.4, -0.2) is 18.6 Å². The molecular weight excluding hydrogens is 216 g/mol. The summed E-state index contributed by atoms with van der Waals surface area (Å²) < 4.78 is 5.14. The zero-order valence-corrected chi connectivity index (χ0v) is 10.0. The summed E-state index contributed by atoms with van der Waals surface area (Å²) in [6.45, 7) is 2.41. The van der Waals surface area contributed by atoms with Crippen LogP contribution in [0.2, 0.25) is 0 Å². The molecule has 1 aliphatic rings. The minimum atomic E-state index is -0.303. The summed E-state index contributed by atoms with van der Waals surface area (Å²) in [7, 11) is 0. The third kappa shape index (κ3) is 3.12. The zero-order chi connectivity index (χ0) is 12.3. The number of anilines is 2. The van der Waals surface area contributed by atoms with Gasteiger partial charge >= 0.3 is 5.97 Å². The summed E-state index contributed by atoms with van der Waals surface area (Å²) in [5.74, 6) is -0.303. The van der Waals surface area contributed by atoms with Crippen LogP contribution in [-0.2, 0) is 4.74 Å². The lowest BCUT2D eigenvalue weighted by molar-refractivity contribution is 0.0506. The summed E-state index contributed by atoms with van der Waals surface area (Å²) in [5, 5.41) is 3.31. The molecule has 2 rings (SSSR count). The highest BCUT2D eigenvalue weighted by atomic mass is 16.5. The topological polar surface area (TPSA) is 64.3 Å². The van der Waals surface area contributed by atoms with E-state index in [9.17, 15) is 4.79 Å². The first-order valence-electron chi connectivity index (χ1n) is 6.04. The van der Waals surface area contributed by atoms with E-state index in [2.05, 4.69) is 5.32 Å². The van der Waals surface area contributed by atoms with Crippen LogP contribution in [0, 0.1) is 0 Å². The average molecular weight is 234 g/mol. The van der Waals surface area contributed by atoms with Gasteiger partial charge in [0.15, 0.2) is 0 Å². The van der Waals surface area contributed by atoms with Crippen molar-refractivity contribution in [2.45, 2.75) is 32.2 Å². The van der Waals surface area contributed by atoms with Gasteiger partial charge in [-0.15, -0.1) is 0 Å². The number of ether oxygens (including phenoxy) is 1. The summed E-state index contributed by atoms with van der Waals surface area (Å²) in [4.78, 5) is 11.9.